The second-order valence-corrected chi connectivity index (χ2v) is 8.16. The maximum atomic E-state index is 13.4. The number of carbonyl (C=O) groups excluding carboxylic acids is 2. The zero-order valence-corrected chi connectivity index (χ0v) is 18.5. The lowest BCUT2D eigenvalue weighted by Gasteiger charge is -2.41. The summed E-state index contributed by atoms with van der Waals surface area (Å²) in [5, 5.41) is 3.62. The van der Waals surface area contributed by atoms with Crippen LogP contribution >= 0.6 is 11.6 Å². The Kier molecular flexibility index (Phi) is 7.38. The van der Waals surface area contributed by atoms with Gasteiger partial charge >= 0.3 is 0 Å². The molecule has 3 rings (SSSR count). The molecule has 1 aliphatic heterocycles. The quantitative estimate of drug-likeness (QED) is 0.644. The number of halogens is 1. The second-order valence-electron chi connectivity index (χ2n) is 7.72. The van der Waals surface area contributed by atoms with E-state index in [1.54, 1.807) is 19.2 Å². The molecule has 0 aliphatic carbocycles. The highest BCUT2D eigenvalue weighted by atomic mass is 35.5. The van der Waals surface area contributed by atoms with Gasteiger partial charge in [0.15, 0.2) is 0 Å². The van der Waals surface area contributed by atoms with Crippen molar-refractivity contribution < 1.29 is 14.3 Å². The molecule has 0 radical (unpaired) electrons. The van der Waals surface area contributed by atoms with E-state index < -0.39 is 0 Å². The Hall–Kier alpha value is -2.53. The van der Waals surface area contributed by atoms with Crippen LogP contribution in [0, 0.1) is 12.8 Å². The molecule has 1 aliphatic rings. The summed E-state index contributed by atoms with van der Waals surface area (Å²) in [4.78, 5) is 28.1. The van der Waals surface area contributed by atoms with Crippen molar-refractivity contribution in [1.29, 1.82) is 0 Å². The van der Waals surface area contributed by atoms with E-state index in [0.29, 0.717) is 35.8 Å². The Morgan fingerprint density at radius 2 is 2.03 bits per heavy atom. The van der Waals surface area contributed by atoms with Crippen molar-refractivity contribution in [1.82, 2.24) is 4.90 Å². The predicted octanol–water partition coefficient (Wildman–Crippen LogP) is 5.38. The third-order valence-corrected chi connectivity index (χ3v) is 5.95. The first kappa shape index (κ1) is 22.2. The number of rotatable bonds is 7. The number of anilines is 1. The lowest BCUT2D eigenvalue weighted by atomic mass is 9.83. The number of piperidine rings is 1. The second kappa shape index (κ2) is 9.98. The predicted molar refractivity (Wildman–Crippen MR) is 120 cm³/mol. The summed E-state index contributed by atoms with van der Waals surface area (Å²) in [5.74, 6) is 0.289. The van der Waals surface area contributed by atoms with E-state index >= 15 is 0 Å². The van der Waals surface area contributed by atoms with E-state index in [9.17, 15) is 9.59 Å². The van der Waals surface area contributed by atoms with Gasteiger partial charge in [-0.25, -0.2) is 0 Å². The maximum Gasteiger partial charge on any atom is 0.229 e. The Balaban J connectivity index is 1.98. The van der Waals surface area contributed by atoms with Crippen molar-refractivity contribution in [3.63, 3.8) is 0 Å². The average Bonchev–Trinajstić information content (AvgIpc) is 2.75. The van der Waals surface area contributed by atoms with Gasteiger partial charge in [-0.05, 0) is 43.5 Å². The minimum absolute atomic E-state index is 0.0855. The van der Waals surface area contributed by atoms with Crippen molar-refractivity contribution in [3.05, 3.63) is 58.6 Å². The molecule has 2 aromatic rings. The molecule has 30 heavy (non-hydrogen) atoms. The third kappa shape index (κ3) is 4.78. The lowest BCUT2D eigenvalue weighted by Crippen LogP contribution is -2.47. The fraction of sp³-hybridized carbons (Fsp3) is 0.417. The Morgan fingerprint density at radius 3 is 2.77 bits per heavy atom. The highest BCUT2D eigenvalue weighted by Gasteiger charge is 2.41. The van der Waals surface area contributed by atoms with E-state index in [0.717, 1.165) is 24.0 Å². The third-order valence-electron chi connectivity index (χ3n) is 5.71. The van der Waals surface area contributed by atoms with E-state index in [-0.39, 0.29) is 23.8 Å². The van der Waals surface area contributed by atoms with Gasteiger partial charge in [-0.3, -0.25) is 9.59 Å². The van der Waals surface area contributed by atoms with E-state index in [2.05, 4.69) is 12.2 Å². The highest BCUT2D eigenvalue weighted by molar-refractivity contribution is 6.31. The number of ether oxygens (including phenoxy) is 1. The van der Waals surface area contributed by atoms with Crippen LogP contribution in [0.1, 0.15) is 49.8 Å². The van der Waals surface area contributed by atoms with Crippen LogP contribution in [0.2, 0.25) is 5.02 Å². The Bertz CT molecular complexity index is 915. The van der Waals surface area contributed by atoms with Gasteiger partial charge in [0.25, 0.3) is 0 Å². The number of nitrogens with one attached hydrogen (secondary N) is 1. The van der Waals surface area contributed by atoms with E-state index in [4.69, 9.17) is 16.3 Å². The molecule has 0 spiro atoms. The van der Waals surface area contributed by atoms with Crippen molar-refractivity contribution in [2.75, 3.05) is 19.0 Å². The number of hydrogen-bond acceptors (Lipinski definition) is 3. The van der Waals surface area contributed by atoms with Crippen LogP contribution in [-0.2, 0) is 9.59 Å². The molecule has 6 heteroatoms. The number of unbranched alkanes of at least 4 members (excludes halogenated alkanes) is 1. The molecular weight excluding hydrogens is 400 g/mol. The zero-order chi connectivity index (χ0) is 21.7. The molecule has 5 nitrogen and oxygen atoms in total. The number of benzene rings is 2. The molecule has 2 aromatic carbocycles. The van der Waals surface area contributed by atoms with Crippen LogP contribution < -0.4 is 10.1 Å². The number of amides is 2. The summed E-state index contributed by atoms with van der Waals surface area (Å²) < 4.78 is 5.58. The number of para-hydroxylation sites is 1. The van der Waals surface area contributed by atoms with Crippen molar-refractivity contribution in [2.24, 2.45) is 5.92 Å². The molecular formula is C24H29ClN2O3. The first-order chi connectivity index (χ1) is 14.5. The molecule has 2 atom stereocenters. The number of likely N-dealkylation sites (tertiary alicyclic amines) is 1. The van der Waals surface area contributed by atoms with Gasteiger partial charge in [0.2, 0.25) is 11.8 Å². The first-order valence-corrected chi connectivity index (χ1v) is 10.8. The van der Waals surface area contributed by atoms with Crippen LogP contribution in [0.15, 0.2) is 42.5 Å². The summed E-state index contributed by atoms with van der Waals surface area (Å²) in [6.07, 6.45) is 2.72. The molecule has 0 aromatic heterocycles. The Labute approximate surface area is 183 Å². The smallest absolute Gasteiger partial charge is 0.229 e. The van der Waals surface area contributed by atoms with Crippen LogP contribution in [-0.4, -0.2) is 30.4 Å². The number of hydrogen-bond donors (Lipinski definition) is 1. The minimum atomic E-state index is -0.380. The normalized spacial score (nSPS) is 18.9. The van der Waals surface area contributed by atoms with E-state index in [1.807, 2.05) is 42.2 Å². The Morgan fingerprint density at radius 1 is 1.27 bits per heavy atom. The van der Waals surface area contributed by atoms with Crippen molar-refractivity contribution >= 4 is 29.1 Å². The molecule has 2 amide bonds. The summed E-state index contributed by atoms with van der Waals surface area (Å²) in [5.41, 5.74) is 2.51. The van der Waals surface area contributed by atoms with Gasteiger partial charge < -0.3 is 15.0 Å². The molecule has 160 valence electrons. The summed E-state index contributed by atoms with van der Waals surface area (Å²) in [6, 6.07) is 12.7. The monoisotopic (exact) mass is 428 g/mol. The van der Waals surface area contributed by atoms with Crippen LogP contribution in [0.5, 0.6) is 5.75 Å². The number of methoxy groups -OCH3 is 1. The van der Waals surface area contributed by atoms with Crippen molar-refractivity contribution in [2.45, 2.75) is 45.6 Å². The van der Waals surface area contributed by atoms with Gasteiger partial charge in [-0.1, -0.05) is 49.2 Å². The van der Waals surface area contributed by atoms with Crippen LogP contribution in [0.25, 0.3) is 0 Å². The summed E-state index contributed by atoms with van der Waals surface area (Å²) in [7, 11) is 1.62. The highest BCUT2D eigenvalue weighted by Crippen LogP contribution is 2.41. The van der Waals surface area contributed by atoms with E-state index in [1.165, 1.54) is 0 Å². The molecule has 1 N–H and O–H groups in total. The van der Waals surface area contributed by atoms with Gasteiger partial charge in [0.05, 0.1) is 19.1 Å². The summed E-state index contributed by atoms with van der Waals surface area (Å²) >= 11 is 6.13. The van der Waals surface area contributed by atoms with Gasteiger partial charge in [0.1, 0.15) is 5.75 Å². The number of carbonyl (C=O) groups is 2. The minimum Gasteiger partial charge on any atom is -0.496 e. The topological polar surface area (TPSA) is 58.6 Å². The SMILES string of the molecule is CCCCN1C(=O)CC[C@H](C(=O)Nc2cc(Cl)ccc2C)[C@H]1c1ccccc1OC. The van der Waals surface area contributed by atoms with Gasteiger partial charge in [-0.2, -0.15) is 0 Å². The zero-order valence-electron chi connectivity index (χ0n) is 17.8. The molecule has 0 saturated carbocycles. The lowest BCUT2D eigenvalue weighted by molar-refractivity contribution is -0.142. The average molecular weight is 429 g/mol. The fourth-order valence-electron chi connectivity index (χ4n) is 4.07. The summed E-state index contributed by atoms with van der Waals surface area (Å²) in [6.45, 7) is 4.65. The molecule has 0 bridgehead atoms. The fourth-order valence-corrected chi connectivity index (χ4v) is 4.24. The van der Waals surface area contributed by atoms with Crippen LogP contribution in [0.4, 0.5) is 5.69 Å². The maximum absolute atomic E-state index is 13.4. The first-order valence-electron chi connectivity index (χ1n) is 10.5. The molecule has 0 unspecified atom stereocenters. The molecule has 1 heterocycles. The molecule has 1 fully saturated rings. The van der Waals surface area contributed by atoms with Crippen molar-refractivity contribution in [3.8, 4) is 5.75 Å². The number of aryl methyl sites for hydroxylation is 1. The number of nitrogens with zero attached hydrogens (tertiary/aromatic N) is 1. The largest absolute Gasteiger partial charge is 0.496 e. The molecule has 1 saturated heterocycles. The van der Waals surface area contributed by atoms with Crippen LogP contribution in [0.3, 0.4) is 0 Å². The van der Waals surface area contributed by atoms with Gasteiger partial charge in [0, 0.05) is 29.2 Å². The van der Waals surface area contributed by atoms with Gasteiger partial charge in [-0.15, -0.1) is 0 Å². The standard InChI is InChI=1S/C24H29ClN2O3/c1-4-5-14-27-22(28)13-12-19(23(27)18-8-6-7-9-21(18)30-3)24(29)26-20-15-17(25)11-10-16(20)2/h6-11,15,19,23H,4-5,12-14H2,1-3H3,(H,26,29)/t19-,23+/m0/s1.